The monoisotopic (exact) mass is 1900 g/mol. The first-order valence-corrected chi connectivity index (χ1v) is 41.9. The van der Waals surface area contributed by atoms with Crippen LogP contribution in [0.3, 0.4) is 0 Å². The Labute approximate surface area is 710 Å². The molecule has 3 aliphatic rings. The minimum atomic E-state index is -4.06. The van der Waals surface area contributed by atoms with Gasteiger partial charge in [0.1, 0.15) is 5.82 Å². The lowest BCUT2D eigenvalue weighted by Gasteiger charge is -2.44. The first-order valence-electron chi connectivity index (χ1n) is 37.2. The van der Waals surface area contributed by atoms with E-state index in [0.29, 0.717) is 11.1 Å². The van der Waals surface area contributed by atoms with E-state index >= 15 is 13.2 Å². The lowest BCUT2D eigenvalue weighted by Crippen LogP contribution is -2.46. The van der Waals surface area contributed by atoms with Crippen LogP contribution in [-0.4, -0.2) is 5.92 Å². The summed E-state index contributed by atoms with van der Waals surface area (Å²) in [4.78, 5) is 6.59. The van der Waals surface area contributed by atoms with Gasteiger partial charge in [-0.2, -0.15) is 17.6 Å². The number of benzene rings is 12. The van der Waals surface area contributed by atoms with Gasteiger partial charge in [0, 0.05) is 78.0 Å². The summed E-state index contributed by atoms with van der Waals surface area (Å²) in [7, 11) is 0. The lowest BCUT2D eigenvalue weighted by atomic mass is 9.59. The molecule has 1 heterocycles. The zero-order chi connectivity index (χ0) is 81.9. The molecule has 0 amide bonds. The Kier molecular flexibility index (Phi) is 22.7. The van der Waals surface area contributed by atoms with Crippen molar-refractivity contribution in [2.75, 3.05) is 14.7 Å². The van der Waals surface area contributed by atoms with Crippen molar-refractivity contribution in [3.63, 3.8) is 0 Å². The molecule has 0 atom stereocenters. The molecule has 4 nitrogen and oxygen atoms in total. The van der Waals surface area contributed by atoms with Gasteiger partial charge >= 0.3 is 12.2 Å². The first-order chi connectivity index (χ1) is 52.9. The smallest absolute Gasteiger partial charge is 0.310 e. The summed E-state index contributed by atoms with van der Waals surface area (Å²) < 4.78 is 113. The Hall–Kier alpha value is -7.61. The molecule has 0 aromatic heterocycles. The molecular formula is C96H86Br6F7N3O. The van der Waals surface area contributed by atoms with Gasteiger partial charge in [-0.15, -0.1) is 0 Å². The van der Waals surface area contributed by atoms with Crippen molar-refractivity contribution in [2.45, 2.75) is 151 Å². The van der Waals surface area contributed by atoms with Crippen molar-refractivity contribution in [3.8, 4) is 33.4 Å². The van der Waals surface area contributed by atoms with Gasteiger partial charge in [-0.1, -0.05) is 167 Å². The molecule has 0 unspecified atom stereocenters. The van der Waals surface area contributed by atoms with E-state index in [-0.39, 0.29) is 22.1 Å². The van der Waals surface area contributed by atoms with E-state index in [4.69, 9.17) is 0 Å². The highest BCUT2D eigenvalue weighted by Gasteiger charge is 2.65. The topological polar surface area (TPSA) is 19.0 Å². The second-order valence-corrected chi connectivity index (χ2v) is 38.0. The predicted octanol–water partition coefficient (Wildman–Crippen LogP) is 33.0. The molecule has 2 aliphatic carbocycles. The number of ether oxygens (including phenoxy) is 1. The number of hydrogen-bond donors (Lipinski definition) is 0. The van der Waals surface area contributed by atoms with Crippen LogP contribution < -0.4 is 14.7 Å². The largest absolute Gasteiger partial charge is 0.388 e. The molecule has 0 N–H and O–H groups in total. The highest BCUT2D eigenvalue weighted by atomic mass is 79.9. The number of nitrogens with zero attached hydrogens (tertiary/aromatic N) is 3. The summed E-state index contributed by atoms with van der Waals surface area (Å²) in [5.41, 5.74) is 19.3. The summed E-state index contributed by atoms with van der Waals surface area (Å²) in [6.45, 7) is 32.3. The highest BCUT2D eigenvalue weighted by Crippen LogP contribution is 2.64. The molecule has 12 aromatic carbocycles. The van der Waals surface area contributed by atoms with Crippen LogP contribution in [0.5, 0.6) is 0 Å². The van der Waals surface area contributed by atoms with Crippen molar-refractivity contribution >= 4 is 147 Å². The van der Waals surface area contributed by atoms with Gasteiger partial charge in [0.05, 0.1) is 22.0 Å². The molecule has 0 saturated carbocycles. The Morgan fingerprint density at radius 2 is 0.513 bits per heavy atom. The van der Waals surface area contributed by atoms with E-state index in [1.165, 1.54) is 6.07 Å². The van der Waals surface area contributed by atoms with Gasteiger partial charge in [-0.25, -0.2) is 17.9 Å². The second-order valence-electron chi connectivity index (χ2n) is 32.5. The summed E-state index contributed by atoms with van der Waals surface area (Å²) in [5.74, 6) is -2.94. The van der Waals surface area contributed by atoms with E-state index in [1.807, 2.05) is 117 Å². The minimum absolute atomic E-state index is 0.0917. The first kappa shape index (κ1) is 83.3. The average Bonchev–Trinajstić information content (AvgIpc) is 1.54. The third-order valence-corrected chi connectivity index (χ3v) is 27.2. The van der Waals surface area contributed by atoms with Crippen molar-refractivity contribution in [3.05, 3.63) is 330 Å². The number of alkyl halides is 6. The van der Waals surface area contributed by atoms with Gasteiger partial charge in [0.2, 0.25) is 0 Å². The third-order valence-electron chi connectivity index (χ3n) is 24.1. The summed E-state index contributed by atoms with van der Waals surface area (Å²) in [5, 5.41) is 0. The number of halogens is 13. The molecule has 15 rings (SSSR count). The fourth-order valence-electron chi connectivity index (χ4n) is 17.1. The molecule has 0 fully saturated rings. The molecule has 0 saturated heterocycles. The maximum atomic E-state index is 16.0. The molecule has 12 aromatic rings. The average molecular weight is 1910 g/mol. The second kappa shape index (κ2) is 30.8. The van der Waals surface area contributed by atoms with E-state index in [2.05, 4.69) is 287 Å². The van der Waals surface area contributed by atoms with Crippen LogP contribution in [0.15, 0.2) is 257 Å². The molecule has 1 aliphatic heterocycles. The van der Waals surface area contributed by atoms with E-state index in [1.54, 1.807) is 33.8 Å². The highest BCUT2D eigenvalue weighted by molar-refractivity contribution is 9.11. The van der Waals surface area contributed by atoms with E-state index < -0.39 is 40.1 Å². The van der Waals surface area contributed by atoms with Gasteiger partial charge < -0.3 is 14.7 Å². The fourth-order valence-corrected chi connectivity index (χ4v) is 18.7. The van der Waals surface area contributed by atoms with Crippen molar-refractivity contribution in [1.29, 1.82) is 0 Å². The molecule has 113 heavy (non-hydrogen) atoms. The molecule has 582 valence electrons. The van der Waals surface area contributed by atoms with E-state index in [9.17, 15) is 17.6 Å². The van der Waals surface area contributed by atoms with Crippen molar-refractivity contribution < 1.29 is 35.5 Å². The van der Waals surface area contributed by atoms with Gasteiger partial charge in [-0.3, -0.25) is 0 Å². The summed E-state index contributed by atoms with van der Waals surface area (Å²) in [6, 6.07) is 75.3. The molecule has 0 bridgehead atoms. The van der Waals surface area contributed by atoms with Crippen LogP contribution in [-0.2, 0) is 38.6 Å². The Morgan fingerprint density at radius 3 is 0.823 bits per heavy atom. The molecule has 0 spiro atoms. The lowest BCUT2D eigenvalue weighted by molar-refractivity contribution is -0.369. The van der Waals surface area contributed by atoms with Crippen LogP contribution in [0.2, 0.25) is 0 Å². The zero-order valence-electron chi connectivity index (χ0n) is 65.6. The molecular weight excluding hydrogens is 1820 g/mol. The molecule has 17 heteroatoms. The van der Waals surface area contributed by atoms with E-state index in [0.717, 1.165) is 168 Å². The van der Waals surface area contributed by atoms with Crippen LogP contribution in [0.4, 0.5) is 81.9 Å². The van der Waals surface area contributed by atoms with Gasteiger partial charge in [-0.05, 0) is 375 Å². The van der Waals surface area contributed by atoms with Crippen molar-refractivity contribution in [2.24, 2.45) is 5.41 Å². The standard InChI is InChI=1S/C35H36Br2FN.C33H31Br2F2N.C28H19Br2F4NO/c1-21-17-28(39(26-13-9-24(36)10-14-26)27-15-11-25(37)12-16-27)18-22(2)31(21)23-19-29-32(30(38)20-23)34(5,6)35(7,8)33(29,3)4;1-20-17-27(38(25-12-8-23(34)9-13-25)26-14-10-24(35)11-15-26)18-21(2)30(20)22-7-16-28-29(19-22)32(5,6)33(36,37)31(28,3)4;1-16-13-23(35(21-8-4-19(29)5-9-21)22-10-6-20(30)7-11-22)14-17(2)26(16)18-3-12-24-25(15-18)28(33,34)36-27(24,31)32/h9-20H,1-8H3;7-19H,1-6H3;3-15H,1-2H3. The summed E-state index contributed by atoms with van der Waals surface area (Å²) >= 11 is 21.2. The number of fused-ring (bicyclic) bond motifs is 3. The van der Waals surface area contributed by atoms with Crippen LogP contribution in [0, 0.1) is 52.8 Å². The number of hydrogen-bond acceptors (Lipinski definition) is 4. The number of aryl methyl sites for hydroxylation is 6. The third kappa shape index (κ3) is 15.2. The molecule has 0 radical (unpaired) electrons. The zero-order valence-corrected chi connectivity index (χ0v) is 75.1. The Bertz CT molecular complexity index is 5440. The van der Waals surface area contributed by atoms with Gasteiger partial charge in [0.15, 0.2) is 0 Å². The minimum Gasteiger partial charge on any atom is -0.310 e. The number of rotatable bonds is 12. The Balaban J connectivity index is 0.000000148. The maximum Gasteiger partial charge on any atom is 0.388 e. The number of anilines is 9. The maximum absolute atomic E-state index is 16.0. The van der Waals surface area contributed by atoms with Crippen LogP contribution >= 0.6 is 95.6 Å². The van der Waals surface area contributed by atoms with Gasteiger partial charge in [0.25, 0.3) is 5.92 Å². The SMILES string of the molecule is Cc1cc(N(c2ccc(Br)cc2)c2ccc(Br)cc2)cc(C)c1-c1cc(F)c2c(c1)C(C)(C)C(C)(C)C2(C)C.Cc1cc(N(c2ccc(Br)cc2)c2ccc(Br)cc2)cc(C)c1-c1ccc2c(c1)C(C)(C)C(F)(F)C2(C)C.Cc1cc(N(c2ccc(Br)cc2)c2ccc(Br)cc2)cc(C)c1-c1ccc2c(c1)C(F)(F)OC2(F)F. The quantitative estimate of drug-likeness (QED) is 0.113. The summed E-state index contributed by atoms with van der Waals surface area (Å²) in [6.07, 6.45) is -8.09. The van der Waals surface area contributed by atoms with Crippen LogP contribution in [0.1, 0.15) is 136 Å². The fraction of sp³-hybridized carbons (Fsp3) is 0.250. The normalized spacial score (nSPS) is 16.4. The van der Waals surface area contributed by atoms with Crippen LogP contribution in [0.25, 0.3) is 33.4 Å². The Morgan fingerprint density at radius 1 is 0.257 bits per heavy atom. The predicted molar refractivity (Wildman–Crippen MR) is 474 cm³/mol. The van der Waals surface area contributed by atoms with Crippen molar-refractivity contribution in [1.82, 2.24) is 0 Å².